The van der Waals surface area contributed by atoms with Crippen molar-refractivity contribution in [2.45, 2.75) is 45.8 Å². The Hall–Kier alpha value is -2.18. The van der Waals surface area contributed by atoms with Crippen LogP contribution in [-0.2, 0) is 16.0 Å². The third-order valence-corrected chi connectivity index (χ3v) is 3.39. The van der Waals surface area contributed by atoms with Crippen LogP contribution >= 0.6 is 0 Å². The average Bonchev–Trinajstić information content (AvgIpc) is 2.52. The van der Waals surface area contributed by atoms with Crippen molar-refractivity contribution in [3.63, 3.8) is 0 Å². The number of benzene rings is 1. The Labute approximate surface area is 140 Å². The van der Waals surface area contributed by atoms with Gasteiger partial charge in [-0.05, 0) is 36.5 Å². The molecule has 0 aliphatic carbocycles. The number of hydrogen-bond acceptors (Lipinski definition) is 3. The van der Waals surface area contributed by atoms with Gasteiger partial charge in [0.05, 0.1) is 0 Å². The lowest BCUT2D eigenvalue weighted by Gasteiger charge is -2.19. The van der Waals surface area contributed by atoms with Gasteiger partial charge in [0, 0.05) is 13.5 Å². The normalized spacial score (nSPS) is 12.1. The summed E-state index contributed by atoms with van der Waals surface area (Å²) in [5.74, 6) is -0.0903. The average molecular weight is 342 g/mol. The van der Waals surface area contributed by atoms with Crippen molar-refractivity contribution in [3.05, 3.63) is 29.8 Å². The van der Waals surface area contributed by atoms with Crippen molar-refractivity contribution < 1.29 is 23.1 Å². The SMILES string of the molecule is CNC(=O)C(CC(C)C)NC(=O)CCc1ccc(OC(F)F)cc1. The molecule has 0 spiro atoms. The van der Waals surface area contributed by atoms with Crippen LogP contribution in [0.1, 0.15) is 32.3 Å². The molecule has 24 heavy (non-hydrogen) atoms. The van der Waals surface area contributed by atoms with E-state index in [4.69, 9.17) is 0 Å². The highest BCUT2D eigenvalue weighted by molar-refractivity contribution is 5.87. The van der Waals surface area contributed by atoms with Gasteiger partial charge in [0.15, 0.2) is 0 Å². The fourth-order valence-corrected chi connectivity index (χ4v) is 2.24. The van der Waals surface area contributed by atoms with E-state index in [-0.39, 0.29) is 29.9 Å². The van der Waals surface area contributed by atoms with Crippen molar-refractivity contribution >= 4 is 11.8 Å². The number of alkyl halides is 2. The molecule has 0 fully saturated rings. The molecule has 0 aromatic heterocycles. The lowest BCUT2D eigenvalue weighted by Crippen LogP contribution is -2.46. The lowest BCUT2D eigenvalue weighted by molar-refractivity contribution is -0.129. The molecule has 1 aromatic rings. The van der Waals surface area contributed by atoms with Gasteiger partial charge in [-0.1, -0.05) is 26.0 Å². The summed E-state index contributed by atoms with van der Waals surface area (Å²) in [5.41, 5.74) is 0.826. The number of amides is 2. The molecule has 1 atom stereocenters. The Bertz CT molecular complexity index is 533. The first-order valence-corrected chi connectivity index (χ1v) is 7.86. The maximum absolute atomic E-state index is 12.1. The van der Waals surface area contributed by atoms with Crippen molar-refractivity contribution in [3.8, 4) is 5.75 Å². The molecule has 5 nitrogen and oxygen atoms in total. The summed E-state index contributed by atoms with van der Waals surface area (Å²) in [6, 6.07) is 5.59. The molecule has 0 radical (unpaired) electrons. The number of likely N-dealkylation sites (N-methyl/N-ethyl adjacent to an activating group) is 1. The second-order valence-corrected chi connectivity index (χ2v) is 5.89. The van der Waals surface area contributed by atoms with Crippen LogP contribution in [0.15, 0.2) is 24.3 Å². The zero-order chi connectivity index (χ0) is 18.1. The molecule has 2 N–H and O–H groups in total. The monoisotopic (exact) mass is 342 g/mol. The van der Waals surface area contributed by atoms with E-state index in [9.17, 15) is 18.4 Å². The fourth-order valence-electron chi connectivity index (χ4n) is 2.24. The Morgan fingerprint density at radius 2 is 1.79 bits per heavy atom. The quantitative estimate of drug-likeness (QED) is 0.724. The number of ether oxygens (including phenoxy) is 1. The number of carbonyl (C=O) groups is 2. The van der Waals surface area contributed by atoms with Crippen molar-refractivity contribution in [2.75, 3.05) is 7.05 Å². The predicted octanol–water partition coefficient (Wildman–Crippen LogP) is 2.50. The van der Waals surface area contributed by atoms with E-state index in [1.807, 2.05) is 13.8 Å². The minimum Gasteiger partial charge on any atom is -0.435 e. The molecule has 0 saturated heterocycles. The zero-order valence-electron chi connectivity index (χ0n) is 14.1. The second-order valence-electron chi connectivity index (χ2n) is 5.89. The Morgan fingerprint density at radius 3 is 2.29 bits per heavy atom. The maximum atomic E-state index is 12.1. The van der Waals surface area contributed by atoms with E-state index in [1.54, 1.807) is 12.1 Å². The lowest BCUT2D eigenvalue weighted by atomic mass is 10.0. The topological polar surface area (TPSA) is 67.4 Å². The van der Waals surface area contributed by atoms with Gasteiger partial charge in [-0.25, -0.2) is 0 Å². The van der Waals surface area contributed by atoms with Crippen molar-refractivity contribution in [1.29, 1.82) is 0 Å². The number of rotatable bonds is 9. The first-order chi connectivity index (χ1) is 11.3. The van der Waals surface area contributed by atoms with E-state index in [0.717, 1.165) is 5.56 Å². The third kappa shape index (κ3) is 7.39. The number of aryl methyl sites for hydroxylation is 1. The van der Waals surface area contributed by atoms with Crippen LogP contribution in [0.3, 0.4) is 0 Å². The van der Waals surface area contributed by atoms with Crippen LogP contribution in [0.25, 0.3) is 0 Å². The molecule has 1 rings (SSSR count). The van der Waals surface area contributed by atoms with Gasteiger partial charge in [0.1, 0.15) is 11.8 Å². The maximum Gasteiger partial charge on any atom is 0.387 e. The Balaban J connectivity index is 2.50. The molecule has 1 aromatic carbocycles. The van der Waals surface area contributed by atoms with E-state index in [0.29, 0.717) is 12.8 Å². The highest BCUT2D eigenvalue weighted by Crippen LogP contribution is 2.16. The standard InChI is InChI=1S/C17H24F2N2O3/c1-11(2)10-14(16(23)20-3)21-15(22)9-6-12-4-7-13(8-5-12)24-17(18)19/h4-5,7-8,11,14,17H,6,9-10H2,1-3H3,(H,20,23)(H,21,22). The highest BCUT2D eigenvalue weighted by atomic mass is 19.3. The molecule has 0 saturated carbocycles. The summed E-state index contributed by atoms with van der Waals surface area (Å²) < 4.78 is 28.4. The zero-order valence-corrected chi connectivity index (χ0v) is 14.1. The van der Waals surface area contributed by atoms with Crippen LogP contribution in [0.2, 0.25) is 0 Å². The van der Waals surface area contributed by atoms with Gasteiger partial charge in [0.25, 0.3) is 0 Å². The van der Waals surface area contributed by atoms with Crippen molar-refractivity contribution in [1.82, 2.24) is 10.6 Å². The first kappa shape index (κ1) is 19.9. The number of hydrogen-bond donors (Lipinski definition) is 2. The van der Waals surface area contributed by atoms with Gasteiger partial charge < -0.3 is 15.4 Å². The van der Waals surface area contributed by atoms with Gasteiger partial charge in [-0.15, -0.1) is 0 Å². The molecule has 0 heterocycles. The van der Waals surface area contributed by atoms with Crippen LogP contribution < -0.4 is 15.4 Å². The van der Waals surface area contributed by atoms with Gasteiger partial charge >= 0.3 is 6.61 Å². The number of carbonyl (C=O) groups excluding carboxylic acids is 2. The molecular formula is C17H24F2N2O3. The molecule has 2 amide bonds. The molecule has 0 aliphatic rings. The Kier molecular flexibility index (Phi) is 8.15. The molecule has 7 heteroatoms. The highest BCUT2D eigenvalue weighted by Gasteiger charge is 2.20. The van der Waals surface area contributed by atoms with E-state index in [2.05, 4.69) is 15.4 Å². The fraction of sp³-hybridized carbons (Fsp3) is 0.529. The minimum atomic E-state index is -2.86. The van der Waals surface area contributed by atoms with E-state index >= 15 is 0 Å². The largest absolute Gasteiger partial charge is 0.435 e. The number of halogens is 2. The molecule has 1 unspecified atom stereocenters. The molecule has 0 bridgehead atoms. The van der Waals surface area contributed by atoms with Crippen LogP contribution in [0, 0.1) is 5.92 Å². The molecule has 134 valence electrons. The first-order valence-electron chi connectivity index (χ1n) is 7.86. The summed E-state index contributed by atoms with van der Waals surface area (Å²) in [5, 5.41) is 5.27. The minimum absolute atomic E-state index is 0.0785. The number of nitrogens with one attached hydrogen (secondary N) is 2. The summed E-state index contributed by atoms with van der Waals surface area (Å²) in [6.07, 6.45) is 1.22. The van der Waals surface area contributed by atoms with Gasteiger partial charge in [-0.2, -0.15) is 8.78 Å². The van der Waals surface area contributed by atoms with Crippen LogP contribution in [0.4, 0.5) is 8.78 Å². The second kappa shape index (κ2) is 9.85. The van der Waals surface area contributed by atoms with Crippen LogP contribution in [-0.4, -0.2) is 31.5 Å². The van der Waals surface area contributed by atoms with E-state index < -0.39 is 12.7 Å². The predicted molar refractivity (Wildman–Crippen MR) is 86.8 cm³/mol. The van der Waals surface area contributed by atoms with Crippen LogP contribution in [0.5, 0.6) is 5.75 Å². The summed E-state index contributed by atoms with van der Waals surface area (Å²) >= 11 is 0. The smallest absolute Gasteiger partial charge is 0.387 e. The van der Waals surface area contributed by atoms with Crippen molar-refractivity contribution in [2.24, 2.45) is 5.92 Å². The Morgan fingerprint density at radius 1 is 1.17 bits per heavy atom. The summed E-state index contributed by atoms with van der Waals surface area (Å²) in [7, 11) is 1.53. The molecular weight excluding hydrogens is 318 g/mol. The molecule has 0 aliphatic heterocycles. The third-order valence-electron chi connectivity index (χ3n) is 3.39. The van der Waals surface area contributed by atoms with E-state index in [1.165, 1.54) is 19.2 Å². The summed E-state index contributed by atoms with van der Waals surface area (Å²) in [4.78, 5) is 23.8. The summed E-state index contributed by atoms with van der Waals surface area (Å²) in [6.45, 7) is 1.10. The van der Waals surface area contributed by atoms with Gasteiger partial charge in [0.2, 0.25) is 11.8 Å². The van der Waals surface area contributed by atoms with Gasteiger partial charge in [-0.3, -0.25) is 9.59 Å².